The molecule has 0 spiro atoms. The molecule has 0 heterocycles. The van der Waals surface area contributed by atoms with Gasteiger partial charge in [-0.1, -0.05) is 142 Å². The molecule has 0 aromatic rings. The second kappa shape index (κ2) is 25.1. The number of carboxylic acid groups (broad SMARTS) is 1. The van der Waals surface area contributed by atoms with Gasteiger partial charge in [0, 0.05) is 12.8 Å². The first kappa shape index (κ1) is 37.2. The molecule has 0 bridgehead atoms. The van der Waals surface area contributed by atoms with Gasteiger partial charge in [0.15, 0.2) is 16.3 Å². The van der Waals surface area contributed by atoms with E-state index in [0.29, 0.717) is 12.8 Å². The summed E-state index contributed by atoms with van der Waals surface area (Å²) in [4.78, 5) is 37.9. The van der Waals surface area contributed by atoms with Crippen LogP contribution in [0, 0.1) is 0 Å². The van der Waals surface area contributed by atoms with Crippen molar-refractivity contribution in [3.05, 3.63) is 0 Å². The molecule has 0 aliphatic heterocycles. The Hall–Kier alpha value is -0.840. The summed E-state index contributed by atoms with van der Waals surface area (Å²) in [5.74, 6) is -1.47. The second-order valence-electron chi connectivity index (χ2n) is 11.1. The van der Waals surface area contributed by atoms with Gasteiger partial charge in [0.1, 0.15) is 0 Å². The first-order valence-corrected chi connectivity index (χ1v) is 17.2. The van der Waals surface area contributed by atoms with E-state index in [9.17, 15) is 24.6 Å². The molecule has 0 aliphatic carbocycles. The summed E-state index contributed by atoms with van der Waals surface area (Å²) in [6.45, 7) is 3.55. The number of aliphatic hydroxyl groups is 1. The largest absolute Gasteiger partial charge is 0.480 e. The first-order valence-electron chi connectivity index (χ1n) is 15.8. The van der Waals surface area contributed by atoms with Crippen LogP contribution in [0.25, 0.3) is 0 Å². The highest BCUT2D eigenvalue weighted by Gasteiger charge is 2.49. The van der Waals surface area contributed by atoms with Crippen LogP contribution in [-0.4, -0.2) is 39.1 Å². The number of aliphatic hydroxyl groups excluding tert-OH is 1. The van der Waals surface area contributed by atoms with Crippen LogP contribution in [0.5, 0.6) is 0 Å². The molecule has 224 valence electrons. The summed E-state index contributed by atoms with van der Waals surface area (Å²) in [6, 6.07) is 0. The van der Waals surface area contributed by atoms with Crippen molar-refractivity contribution in [2.75, 3.05) is 6.61 Å². The van der Waals surface area contributed by atoms with Gasteiger partial charge in [0.05, 0.1) is 14.5 Å². The number of carboxylic acids is 1. The average molecular weight is 558 g/mol. The molecule has 4 N–H and O–H groups in total. The fourth-order valence-corrected chi connectivity index (χ4v) is 7.19. The van der Waals surface area contributed by atoms with Crippen LogP contribution in [0.4, 0.5) is 0 Å². The molecule has 38 heavy (non-hydrogen) atoms. The minimum Gasteiger partial charge on any atom is -0.480 e. The fourth-order valence-electron chi connectivity index (χ4n) is 4.92. The quantitative estimate of drug-likeness (QED) is 0.0625. The van der Waals surface area contributed by atoms with Crippen LogP contribution >= 0.6 is 7.92 Å². The van der Waals surface area contributed by atoms with Crippen molar-refractivity contribution in [3.63, 3.8) is 0 Å². The van der Waals surface area contributed by atoms with Crippen LogP contribution < -0.4 is 5.73 Å². The van der Waals surface area contributed by atoms with E-state index in [1.165, 1.54) is 89.9 Å². The van der Waals surface area contributed by atoms with Gasteiger partial charge in [-0.05, 0) is 12.8 Å². The number of hydrogen-bond donors (Lipinski definition) is 3. The average Bonchev–Trinajstić information content (AvgIpc) is 2.90. The van der Waals surface area contributed by atoms with E-state index < -0.39 is 25.8 Å². The number of unbranched alkanes of at least 4 members (excludes halogenated alkanes) is 20. The molecule has 0 rings (SSSR count). The molecular weight excluding hydrogens is 497 g/mol. The van der Waals surface area contributed by atoms with Crippen LogP contribution in [-0.2, 0) is 14.4 Å². The van der Waals surface area contributed by atoms with E-state index in [-0.39, 0.29) is 23.9 Å². The number of rotatable bonds is 29. The number of aliphatic carboxylic acids is 1. The highest BCUT2D eigenvalue weighted by molar-refractivity contribution is 7.91. The van der Waals surface area contributed by atoms with Crippen molar-refractivity contribution < 1.29 is 24.6 Å². The molecule has 0 aliphatic rings. The Labute approximate surface area is 235 Å². The normalized spacial score (nSPS) is 13.1. The third kappa shape index (κ3) is 17.7. The lowest BCUT2D eigenvalue weighted by Gasteiger charge is -2.30. The molecule has 0 saturated carbocycles. The highest BCUT2D eigenvalue weighted by atomic mass is 31.1. The van der Waals surface area contributed by atoms with Crippen LogP contribution in [0.2, 0.25) is 0 Å². The van der Waals surface area contributed by atoms with E-state index in [0.717, 1.165) is 38.5 Å². The number of hydrogen-bond acceptors (Lipinski definition) is 5. The lowest BCUT2D eigenvalue weighted by atomic mass is 10.1. The Bertz CT molecular complexity index is 577. The lowest BCUT2D eigenvalue weighted by molar-refractivity contribution is -0.141. The summed E-state index contributed by atoms with van der Waals surface area (Å²) < 4.78 is 0. The van der Waals surface area contributed by atoms with Gasteiger partial charge < -0.3 is 15.9 Å². The maximum Gasteiger partial charge on any atom is 0.331 e. The SMILES string of the molecule is CCCCCCCCCCCCCC(=O)P(C(=O)CCCCCCCCCCCCC)C(N)(CO)C(=O)O. The molecule has 0 fully saturated rings. The summed E-state index contributed by atoms with van der Waals surface area (Å²) in [5, 5.41) is 17.2. The van der Waals surface area contributed by atoms with E-state index in [1.807, 2.05) is 0 Å². The minimum atomic E-state index is -2.29. The zero-order chi connectivity index (χ0) is 28.5. The monoisotopic (exact) mass is 557 g/mol. The molecule has 0 aromatic carbocycles. The van der Waals surface area contributed by atoms with Crippen molar-refractivity contribution in [1.29, 1.82) is 0 Å². The van der Waals surface area contributed by atoms with E-state index >= 15 is 0 Å². The van der Waals surface area contributed by atoms with Gasteiger partial charge >= 0.3 is 5.97 Å². The molecule has 0 amide bonds. The Kier molecular flexibility index (Phi) is 24.6. The Morgan fingerprint density at radius 2 is 0.816 bits per heavy atom. The lowest BCUT2D eigenvalue weighted by Crippen LogP contribution is -2.52. The predicted molar refractivity (Wildman–Crippen MR) is 161 cm³/mol. The third-order valence-electron chi connectivity index (χ3n) is 7.50. The molecule has 0 saturated heterocycles. The van der Waals surface area contributed by atoms with Crippen molar-refractivity contribution in [2.45, 2.75) is 173 Å². The van der Waals surface area contributed by atoms with Crippen LogP contribution in [0.3, 0.4) is 0 Å². The van der Waals surface area contributed by atoms with Crippen molar-refractivity contribution >= 4 is 24.9 Å². The standard InChI is InChI=1S/C31H60NO5P/c1-3-5-7-9-11-13-15-17-19-21-23-25-28(34)38(31(32,27-33)30(36)37)29(35)26-24-22-20-18-16-14-12-10-8-6-4-2/h33H,3-27,32H2,1-2H3,(H,36,37). The third-order valence-corrected chi connectivity index (χ3v) is 10.1. The van der Waals surface area contributed by atoms with E-state index in [2.05, 4.69) is 13.8 Å². The Morgan fingerprint density at radius 1 is 0.553 bits per heavy atom. The number of nitrogens with two attached hydrogens (primary N) is 1. The maximum absolute atomic E-state index is 13.0. The van der Waals surface area contributed by atoms with Gasteiger partial charge in [-0.2, -0.15) is 0 Å². The second-order valence-corrected chi connectivity index (χ2v) is 13.5. The Balaban J connectivity index is 4.36. The molecule has 1 unspecified atom stereocenters. The van der Waals surface area contributed by atoms with Crippen molar-refractivity contribution in [3.8, 4) is 0 Å². The molecular formula is C31H60NO5P. The van der Waals surface area contributed by atoms with Gasteiger partial charge in [-0.3, -0.25) is 9.59 Å². The minimum absolute atomic E-state index is 0.166. The van der Waals surface area contributed by atoms with Crippen LogP contribution in [0.1, 0.15) is 168 Å². The zero-order valence-electron chi connectivity index (χ0n) is 24.8. The highest BCUT2D eigenvalue weighted by Crippen LogP contribution is 2.50. The molecule has 6 nitrogen and oxygen atoms in total. The van der Waals surface area contributed by atoms with Gasteiger partial charge in [0.2, 0.25) is 0 Å². The van der Waals surface area contributed by atoms with Gasteiger partial charge in [-0.15, -0.1) is 0 Å². The van der Waals surface area contributed by atoms with E-state index in [4.69, 9.17) is 5.73 Å². The number of carbonyl (C=O) groups is 3. The first-order chi connectivity index (χ1) is 18.3. The topological polar surface area (TPSA) is 118 Å². The van der Waals surface area contributed by atoms with Crippen LogP contribution in [0.15, 0.2) is 0 Å². The smallest absolute Gasteiger partial charge is 0.331 e. The summed E-state index contributed by atoms with van der Waals surface area (Å²) in [6.07, 6.45) is 25.7. The van der Waals surface area contributed by atoms with E-state index in [1.54, 1.807) is 0 Å². The van der Waals surface area contributed by atoms with Gasteiger partial charge in [-0.25, -0.2) is 4.79 Å². The Morgan fingerprint density at radius 3 is 1.05 bits per heavy atom. The zero-order valence-corrected chi connectivity index (χ0v) is 25.7. The van der Waals surface area contributed by atoms with Crippen molar-refractivity contribution in [1.82, 2.24) is 0 Å². The molecule has 0 aromatic heterocycles. The molecule has 7 heteroatoms. The summed E-state index contributed by atoms with van der Waals surface area (Å²) in [7, 11) is -2.29. The number of carbonyl (C=O) groups excluding carboxylic acids is 2. The van der Waals surface area contributed by atoms with Gasteiger partial charge in [0.25, 0.3) is 0 Å². The maximum atomic E-state index is 13.0. The fraction of sp³-hybridized carbons (Fsp3) is 0.903. The molecule has 1 atom stereocenters. The predicted octanol–water partition coefficient (Wildman–Crippen LogP) is 8.66. The summed E-state index contributed by atoms with van der Waals surface area (Å²) >= 11 is 0. The molecule has 0 radical (unpaired) electrons. The van der Waals surface area contributed by atoms with Crippen molar-refractivity contribution in [2.24, 2.45) is 5.73 Å². The summed E-state index contributed by atoms with van der Waals surface area (Å²) in [5.41, 5.74) is 5.24.